The van der Waals surface area contributed by atoms with Crippen LogP contribution in [0, 0.1) is 5.41 Å². The minimum Gasteiger partial charge on any atom is -0.323 e. The van der Waals surface area contributed by atoms with Crippen molar-refractivity contribution >= 4 is 22.5 Å². The molecule has 1 aliphatic heterocycles. The molecule has 1 aromatic heterocycles. The highest BCUT2D eigenvalue weighted by Gasteiger charge is 2.61. The van der Waals surface area contributed by atoms with Crippen LogP contribution in [-0.2, 0) is 4.79 Å². The standard InChI is InChI=1S/C13H13F3N4O/c14-13(15,16)12(4-5-17-7-12)11(21)19-9-3-1-2-8-6-18-20-10(8)9/h1-3,6,17H,4-5,7H2,(H,18,20)(H,19,21). The van der Waals surface area contributed by atoms with Gasteiger partial charge in [0.1, 0.15) is 0 Å². The Morgan fingerprint density at radius 3 is 2.86 bits per heavy atom. The minimum atomic E-state index is -4.59. The van der Waals surface area contributed by atoms with Crippen molar-refractivity contribution in [2.24, 2.45) is 5.41 Å². The molecule has 0 aliphatic carbocycles. The number of alkyl halides is 3. The highest BCUT2D eigenvalue weighted by atomic mass is 19.4. The number of aromatic nitrogens is 2. The van der Waals surface area contributed by atoms with Crippen LogP contribution >= 0.6 is 0 Å². The molecule has 1 unspecified atom stereocenters. The number of rotatable bonds is 2. The van der Waals surface area contributed by atoms with Crippen molar-refractivity contribution in [1.82, 2.24) is 15.5 Å². The molecule has 0 saturated carbocycles. The fourth-order valence-electron chi connectivity index (χ4n) is 2.57. The molecule has 3 rings (SSSR count). The highest BCUT2D eigenvalue weighted by molar-refractivity contribution is 6.03. The fourth-order valence-corrected chi connectivity index (χ4v) is 2.57. The molecule has 5 nitrogen and oxygen atoms in total. The quantitative estimate of drug-likeness (QED) is 0.794. The summed E-state index contributed by atoms with van der Waals surface area (Å²) in [7, 11) is 0. The second-order valence-electron chi connectivity index (χ2n) is 5.10. The second kappa shape index (κ2) is 4.73. The highest BCUT2D eigenvalue weighted by Crippen LogP contribution is 2.44. The Labute approximate surface area is 117 Å². The summed E-state index contributed by atoms with van der Waals surface area (Å²) in [6.45, 7) is -0.234. The van der Waals surface area contributed by atoms with Crippen molar-refractivity contribution < 1.29 is 18.0 Å². The van der Waals surface area contributed by atoms with Crippen molar-refractivity contribution in [3.8, 4) is 0 Å². The van der Waals surface area contributed by atoms with Gasteiger partial charge in [0.15, 0.2) is 5.41 Å². The van der Waals surface area contributed by atoms with E-state index in [1.807, 2.05) is 0 Å². The summed E-state index contributed by atoms with van der Waals surface area (Å²) in [5.41, 5.74) is -1.57. The van der Waals surface area contributed by atoms with E-state index in [4.69, 9.17) is 0 Å². The molecule has 1 aliphatic rings. The number of nitrogens with one attached hydrogen (secondary N) is 3. The average molecular weight is 298 g/mol. The number of hydrogen-bond donors (Lipinski definition) is 3. The predicted octanol–water partition coefficient (Wildman–Crippen LogP) is 2.04. The number of para-hydroxylation sites is 1. The molecule has 2 aromatic rings. The number of fused-ring (bicyclic) bond motifs is 1. The van der Waals surface area contributed by atoms with Gasteiger partial charge in [-0.3, -0.25) is 9.89 Å². The van der Waals surface area contributed by atoms with Crippen LogP contribution in [0.5, 0.6) is 0 Å². The molecule has 8 heteroatoms. The van der Waals surface area contributed by atoms with Gasteiger partial charge in [0.05, 0.1) is 17.4 Å². The maximum Gasteiger partial charge on any atom is 0.404 e. The van der Waals surface area contributed by atoms with Gasteiger partial charge >= 0.3 is 6.18 Å². The smallest absolute Gasteiger partial charge is 0.323 e. The molecule has 3 N–H and O–H groups in total. The van der Waals surface area contributed by atoms with Crippen LogP contribution in [0.1, 0.15) is 6.42 Å². The monoisotopic (exact) mass is 298 g/mol. The minimum absolute atomic E-state index is 0.168. The van der Waals surface area contributed by atoms with Gasteiger partial charge in [-0.2, -0.15) is 18.3 Å². The lowest BCUT2D eigenvalue weighted by Gasteiger charge is -2.29. The average Bonchev–Trinajstić information content (AvgIpc) is 3.08. The van der Waals surface area contributed by atoms with Crippen LogP contribution in [0.15, 0.2) is 24.4 Å². The van der Waals surface area contributed by atoms with Crippen molar-refractivity contribution in [3.63, 3.8) is 0 Å². The molecule has 1 aromatic carbocycles. The lowest BCUT2D eigenvalue weighted by molar-refractivity contribution is -0.213. The Morgan fingerprint density at radius 2 is 2.19 bits per heavy atom. The van der Waals surface area contributed by atoms with Crippen LogP contribution < -0.4 is 10.6 Å². The van der Waals surface area contributed by atoms with E-state index in [2.05, 4.69) is 20.8 Å². The third-order valence-electron chi connectivity index (χ3n) is 3.86. The molecule has 2 heterocycles. The zero-order valence-electron chi connectivity index (χ0n) is 10.9. The molecule has 1 atom stereocenters. The van der Waals surface area contributed by atoms with Crippen molar-refractivity contribution in [3.05, 3.63) is 24.4 Å². The van der Waals surface area contributed by atoms with Crippen molar-refractivity contribution in [2.45, 2.75) is 12.6 Å². The van der Waals surface area contributed by atoms with E-state index in [-0.39, 0.29) is 13.0 Å². The van der Waals surface area contributed by atoms with Gasteiger partial charge in [0.25, 0.3) is 0 Å². The third-order valence-corrected chi connectivity index (χ3v) is 3.86. The number of hydrogen-bond acceptors (Lipinski definition) is 3. The van der Waals surface area contributed by atoms with Crippen LogP contribution in [-0.4, -0.2) is 35.4 Å². The van der Waals surface area contributed by atoms with Gasteiger partial charge in [-0.05, 0) is 19.0 Å². The van der Waals surface area contributed by atoms with E-state index < -0.39 is 24.0 Å². The topological polar surface area (TPSA) is 69.8 Å². The predicted molar refractivity (Wildman–Crippen MR) is 70.7 cm³/mol. The largest absolute Gasteiger partial charge is 0.404 e. The molecule has 0 radical (unpaired) electrons. The summed E-state index contributed by atoms with van der Waals surface area (Å²) in [5, 5.41) is 12.2. The summed E-state index contributed by atoms with van der Waals surface area (Å²) in [5.74, 6) is -1.04. The molecule has 112 valence electrons. The first-order valence-electron chi connectivity index (χ1n) is 6.45. The first kappa shape index (κ1) is 13.9. The van der Waals surface area contributed by atoms with Crippen LogP contribution in [0.25, 0.3) is 10.9 Å². The van der Waals surface area contributed by atoms with Gasteiger partial charge in [0.2, 0.25) is 5.91 Å². The first-order valence-corrected chi connectivity index (χ1v) is 6.45. The summed E-state index contributed by atoms with van der Waals surface area (Å²) in [6.07, 6.45) is -3.31. The van der Waals surface area contributed by atoms with Crippen molar-refractivity contribution in [1.29, 1.82) is 0 Å². The van der Waals surface area contributed by atoms with Gasteiger partial charge in [-0.1, -0.05) is 12.1 Å². The van der Waals surface area contributed by atoms with E-state index in [0.29, 0.717) is 11.2 Å². The Kier molecular flexibility index (Phi) is 3.12. The fraction of sp³-hybridized carbons (Fsp3) is 0.385. The molecule has 1 amide bonds. The molecule has 21 heavy (non-hydrogen) atoms. The summed E-state index contributed by atoms with van der Waals surface area (Å²) in [6, 6.07) is 4.95. The van der Waals surface area contributed by atoms with Gasteiger partial charge in [0, 0.05) is 11.9 Å². The number of nitrogens with zero attached hydrogens (tertiary/aromatic N) is 1. The van der Waals surface area contributed by atoms with Gasteiger partial charge in [-0.25, -0.2) is 0 Å². The third kappa shape index (κ3) is 2.15. The van der Waals surface area contributed by atoms with Crippen LogP contribution in [0.3, 0.4) is 0 Å². The zero-order valence-corrected chi connectivity index (χ0v) is 10.9. The van der Waals surface area contributed by atoms with Crippen LogP contribution in [0.4, 0.5) is 18.9 Å². The lowest BCUT2D eigenvalue weighted by atomic mass is 9.85. The first-order chi connectivity index (χ1) is 9.94. The Bertz CT molecular complexity index is 673. The number of halogens is 3. The number of aromatic amines is 1. The lowest BCUT2D eigenvalue weighted by Crippen LogP contribution is -2.49. The molecule has 1 fully saturated rings. The molecule has 1 saturated heterocycles. The maximum absolute atomic E-state index is 13.3. The summed E-state index contributed by atoms with van der Waals surface area (Å²) in [4.78, 5) is 12.2. The number of benzene rings is 1. The molecule has 0 spiro atoms. The van der Waals surface area contributed by atoms with Crippen molar-refractivity contribution in [2.75, 3.05) is 18.4 Å². The SMILES string of the molecule is O=C(Nc1cccc2cn[nH]c12)C1(C(F)(F)F)CCNC1. The number of anilines is 1. The van der Waals surface area contributed by atoms with E-state index >= 15 is 0 Å². The zero-order chi connectivity index (χ0) is 15.1. The summed E-state index contributed by atoms with van der Waals surface area (Å²) < 4.78 is 39.9. The molecule has 0 bridgehead atoms. The Balaban J connectivity index is 1.94. The number of carbonyl (C=O) groups excluding carboxylic acids is 1. The van der Waals surface area contributed by atoms with Gasteiger partial charge < -0.3 is 10.6 Å². The Hall–Kier alpha value is -2.09. The van der Waals surface area contributed by atoms with Crippen LogP contribution in [0.2, 0.25) is 0 Å². The molecular weight excluding hydrogens is 285 g/mol. The van der Waals surface area contributed by atoms with E-state index in [1.54, 1.807) is 24.4 Å². The number of amides is 1. The molecular formula is C13H13F3N4O. The second-order valence-corrected chi connectivity index (χ2v) is 5.10. The van der Waals surface area contributed by atoms with E-state index in [9.17, 15) is 18.0 Å². The number of H-pyrrole nitrogens is 1. The Morgan fingerprint density at radius 1 is 1.38 bits per heavy atom. The van der Waals surface area contributed by atoms with Gasteiger partial charge in [-0.15, -0.1) is 0 Å². The summed E-state index contributed by atoms with van der Waals surface area (Å²) >= 11 is 0. The van der Waals surface area contributed by atoms with E-state index in [1.165, 1.54) is 0 Å². The maximum atomic E-state index is 13.3. The normalized spacial score (nSPS) is 22.6. The van der Waals surface area contributed by atoms with E-state index in [0.717, 1.165) is 5.39 Å². The number of carbonyl (C=O) groups is 1.